The lowest BCUT2D eigenvalue weighted by molar-refractivity contribution is 0.213. The van der Waals surface area contributed by atoms with Gasteiger partial charge in [-0.1, -0.05) is 43.2 Å². The second-order valence-electron chi connectivity index (χ2n) is 5.72. The van der Waals surface area contributed by atoms with Gasteiger partial charge >= 0.3 is 0 Å². The van der Waals surface area contributed by atoms with E-state index in [0.717, 1.165) is 6.54 Å². The van der Waals surface area contributed by atoms with E-state index in [4.69, 9.17) is 0 Å². The Balaban J connectivity index is 1.73. The van der Waals surface area contributed by atoms with Crippen LogP contribution in [0.1, 0.15) is 37.3 Å². The summed E-state index contributed by atoms with van der Waals surface area (Å²) in [6, 6.07) is 11.1. The molecule has 1 unspecified atom stereocenters. The first-order chi connectivity index (χ1) is 10.9. The zero-order valence-corrected chi connectivity index (χ0v) is 12.9. The van der Waals surface area contributed by atoms with Crippen LogP contribution in [-0.4, -0.2) is 39.5 Å². The van der Waals surface area contributed by atoms with Gasteiger partial charge in [0.2, 0.25) is 5.95 Å². The van der Waals surface area contributed by atoms with E-state index in [-0.39, 0.29) is 0 Å². The van der Waals surface area contributed by atoms with Gasteiger partial charge in [0.1, 0.15) is 12.7 Å². The minimum absolute atomic E-state index is 0.357. The van der Waals surface area contributed by atoms with Crippen LogP contribution in [0.5, 0.6) is 0 Å². The maximum Gasteiger partial charge on any atom is 0.225 e. The molecule has 5 nitrogen and oxygen atoms in total. The van der Waals surface area contributed by atoms with Gasteiger partial charge in [-0.2, -0.15) is 0 Å². The zero-order valence-electron chi connectivity index (χ0n) is 12.9. The van der Waals surface area contributed by atoms with Gasteiger partial charge in [-0.3, -0.25) is 4.90 Å². The van der Waals surface area contributed by atoms with Crippen LogP contribution in [0.25, 0.3) is 0 Å². The number of hydrogen-bond donors (Lipinski definition) is 1. The summed E-state index contributed by atoms with van der Waals surface area (Å²) in [5.41, 5.74) is 1.35. The van der Waals surface area contributed by atoms with Crippen LogP contribution in [0, 0.1) is 0 Å². The van der Waals surface area contributed by atoms with Crippen molar-refractivity contribution in [2.75, 3.05) is 25.0 Å². The number of aromatic nitrogens is 3. The van der Waals surface area contributed by atoms with Crippen LogP contribution < -0.4 is 5.32 Å². The fourth-order valence-electron chi connectivity index (χ4n) is 3.06. The predicted octanol–water partition coefficient (Wildman–Crippen LogP) is 2.90. The third-order valence-corrected chi connectivity index (χ3v) is 4.21. The maximum absolute atomic E-state index is 4.16. The van der Waals surface area contributed by atoms with Crippen molar-refractivity contribution in [1.82, 2.24) is 19.9 Å². The highest BCUT2D eigenvalue weighted by molar-refractivity contribution is 5.25. The van der Waals surface area contributed by atoms with E-state index in [9.17, 15) is 0 Å². The van der Waals surface area contributed by atoms with Crippen LogP contribution in [0.4, 0.5) is 5.95 Å². The molecule has 0 bridgehead atoms. The molecule has 1 aliphatic heterocycles. The summed E-state index contributed by atoms with van der Waals surface area (Å²) in [6.07, 6.45) is 8.32. The van der Waals surface area contributed by atoms with Gasteiger partial charge in [-0.15, -0.1) is 0 Å². The van der Waals surface area contributed by atoms with Crippen molar-refractivity contribution in [3.8, 4) is 0 Å². The third kappa shape index (κ3) is 4.01. The van der Waals surface area contributed by atoms with Crippen molar-refractivity contribution in [2.24, 2.45) is 0 Å². The molecule has 1 aromatic heterocycles. The topological polar surface area (TPSA) is 53.9 Å². The molecule has 1 atom stereocenters. The minimum Gasteiger partial charge on any atom is -0.352 e. The second-order valence-corrected chi connectivity index (χ2v) is 5.72. The predicted molar refractivity (Wildman–Crippen MR) is 87.5 cm³/mol. The number of likely N-dealkylation sites (tertiary alicyclic amines) is 1. The molecule has 2 heterocycles. The van der Waals surface area contributed by atoms with Crippen molar-refractivity contribution in [1.29, 1.82) is 0 Å². The number of hydrogen-bond acceptors (Lipinski definition) is 5. The van der Waals surface area contributed by atoms with E-state index in [1.165, 1.54) is 57.0 Å². The van der Waals surface area contributed by atoms with E-state index in [1.54, 1.807) is 0 Å². The maximum atomic E-state index is 4.16. The van der Waals surface area contributed by atoms with Gasteiger partial charge in [-0.25, -0.2) is 15.0 Å². The second kappa shape index (κ2) is 7.84. The fraction of sp³-hybridized carbons (Fsp3) is 0.471. The van der Waals surface area contributed by atoms with Crippen molar-refractivity contribution in [2.45, 2.75) is 31.7 Å². The van der Waals surface area contributed by atoms with Crippen LogP contribution in [-0.2, 0) is 0 Å². The molecule has 0 saturated carbocycles. The van der Waals surface area contributed by atoms with Crippen molar-refractivity contribution in [3.63, 3.8) is 0 Å². The van der Waals surface area contributed by atoms with Gasteiger partial charge in [0.25, 0.3) is 0 Å². The van der Waals surface area contributed by atoms with Crippen LogP contribution >= 0.6 is 0 Å². The molecule has 116 valence electrons. The SMILES string of the molecule is c1ccc(C(CNc2ncncn2)N2CCCCCC2)cc1. The quantitative estimate of drug-likeness (QED) is 0.919. The number of nitrogens with zero attached hydrogens (tertiary/aromatic N) is 4. The Labute approximate surface area is 131 Å². The fourth-order valence-corrected chi connectivity index (χ4v) is 3.06. The molecule has 5 heteroatoms. The third-order valence-electron chi connectivity index (χ3n) is 4.21. The highest BCUT2D eigenvalue weighted by atomic mass is 15.2. The first-order valence-corrected chi connectivity index (χ1v) is 8.08. The lowest BCUT2D eigenvalue weighted by atomic mass is 10.0. The average Bonchev–Trinajstić information content (AvgIpc) is 2.86. The summed E-state index contributed by atoms with van der Waals surface area (Å²) in [5, 5.41) is 3.36. The Morgan fingerprint density at radius 3 is 2.32 bits per heavy atom. The van der Waals surface area contributed by atoms with E-state index in [2.05, 4.69) is 55.5 Å². The molecular formula is C17H23N5. The lowest BCUT2D eigenvalue weighted by Gasteiger charge is -2.31. The monoisotopic (exact) mass is 297 g/mol. The van der Waals surface area contributed by atoms with Crippen LogP contribution in [0.2, 0.25) is 0 Å². The van der Waals surface area contributed by atoms with E-state index in [1.807, 2.05) is 0 Å². The molecule has 2 aromatic rings. The summed E-state index contributed by atoms with van der Waals surface area (Å²) < 4.78 is 0. The first-order valence-electron chi connectivity index (χ1n) is 8.08. The van der Waals surface area contributed by atoms with Gasteiger partial charge in [0, 0.05) is 6.54 Å². The Morgan fingerprint density at radius 1 is 0.955 bits per heavy atom. The molecule has 22 heavy (non-hydrogen) atoms. The molecular weight excluding hydrogens is 274 g/mol. The molecule has 1 aromatic carbocycles. The van der Waals surface area contributed by atoms with Crippen molar-refractivity contribution < 1.29 is 0 Å². The summed E-state index contributed by atoms with van der Waals surface area (Å²) in [6.45, 7) is 3.14. The van der Waals surface area contributed by atoms with Crippen molar-refractivity contribution in [3.05, 3.63) is 48.5 Å². The smallest absolute Gasteiger partial charge is 0.225 e. The highest BCUT2D eigenvalue weighted by Gasteiger charge is 2.21. The van der Waals surface area contributed by atoms with Crippen LogP contribution in [0.15, 0.2) is 43.0 Å². The average molecular weight is 297 g/mol. The molecule has 0 radical (unpaired) electrons. The molecule has 1 aliphatic rings. The molecule has 0 spiro atoms. The van der Waals surface area contributed by atoms with Gasteiger partial charge < -0.3 is 5.32 Å². The standard InChI is InChI=1S/C17H23N5/c1-2-7-11-22(10-6-1)16(15-8-4-3-5-9-15)12-19-17-20-13-18-14-21-17/h3-5,8-9,13-14,16H,1-2,6-7,10-12H2,(H,18,19,20,21). The van der Waals surface area contributed by atoms with Gasteiger partial charge in [0.05, 0.1) is 6.04 Å². The van der Waals surface area contributed by atoms with E-state index in [0.29, 0.717) is 12.0 Å². The zero-order chi connectivity index (χ0) is 15.0. The summed E-state index contributed by atoms with van der Waals surface area (Å²) >= 11 is 0. The number of rotatable bonds is 5. The molecule has 1 saturated heterocycles. The van der Waals surface area contributed by atoms with Crippen molar-refractivity contribution >= 4 is 5.95 Å². The Kier molecular flexibility index (Phi) is 5.32. The number of nitrogens with one attached hydrogen (secondary N) is 1. The highest BCUT2D eigenvalue weighted by Crippen LogP contribution is 2.24. The molecule has 0 amide bonds. The Bertz CT molecular complexity index is 537. The largest absolute Gasteiger partial charge is 0.352 e. The van der Waals surface area contributed by atoms with E-state index < -0.39 is 0 Å². The summed E-state index contributed by atoms with van der Waals surface area (Å²) in [4.78, 5) is 14.8. The van der Waals surface area contributed by atoms with Gasteiger partial charge in [-0.05, 0) is 31.5 Å². The lowest BCUT2D eigenvalue weighted by Crippen LogP contribution is -2.34. The Morgan fingerprint density at radius 2 is 1.64 bits per heavy atom. The first kappa shape index (κ1) is 14.9. The Hall–Kier alpha value is -2.01. The minimum atomic E-state index is 0.357. The molecule has 3 rings (SSSR count). The van der Waals surface area contributed by atoms with E-state index >= 15 is 0 Å². The number of benzene rings is 1. The van der Waals surface area contributed by atoms with Crippen LogP contribution in [0.3, 0.4) is 0 Å². The molecule has 1 fully saturated rings. The normalized spacial score (nSPS) is 17.6. The molecule has 1 N–H and O–H groups in total. The summed E-state index contributed by atoms with van der Waals surface area (Å²) in [7, 11) is 0. The molecule has 0 aliphatic carbocycles. The summed E-state index contributed by atoms with van der Waals surface area (Å²) in [5.74, 6) is 0.644. The van der Waals surface area contributed by atoms with Gasteiger partial charge in [0.15, 0.2) is 0 Å². The number of anilines is 1.